The van der Waals surface area contributed by atoms with Crippen LogP contribution in [0.25, 0.3) is 0 Å². The van der Waals surface area contributed by atoms with Gasteiger partial charge in [-0.05, 0) is 18.1 Å². The standard InChI is InChI=1S/C9H10O2/c10-9-6-5-7-3-1-2-4-8(7)11-9/h1-4,9-10H,5-6H2/i10D. The van der Waals surface area contributed by atoms with Gasteiger partial charge in [0, 0.05) is 6.42 Å². The van der Waals surface area contributed by atoms with Gasteiger partial charge in [-0.2, -0.15) is 0 Å². The smallest absolute Gasteiger partial charge is 0.214 e. The zero-order valence-corrected chi connectivity index (χ0v) is 6.12. The number of rotatable bonds is 1. The first-order valence-electron chi connectivity index (χ1n) is 4.17. The maximum atomic E-state index is 6.71. The Balaban J connectivity index is 2.23. The van der Waals surface area contributed by atoms with Crippen molar-refractivity contribution in [1.82, 2.24) is 0 Å². The molecule has 1 aliphatic rings. The molecule has 2 rings (SSSR count). The van der Waals surface area contributed by atoms with Crippen molar-refractivity contribution >= 4 is 0 Å². The molecule has 0 amide bonds. The summed E-state index contributed by atoms with van der Waals surface area (Å²) in [6.07, 6.45) is 1.31. The number of benzene rings is 1. The lowest BCUT2D eigenvalue weighted by Gasteiger charge is -2.21. The Morgan fingerprint density at radius 1 is 1.55 bits per heavy atom. The molecule has 1 atom stereocenters. The van der Waals surface area contributed by atoms with E-state index in [1.54, 1.807) is 0 Å². The van der Waals surface area contributed by atoms with Gasteiger partial charge >= 0.3 is 0 Å². The van der Waals surface area contributed by atoms with Crippen LogP contribution in [-0.4, -0.2) is 12.8 Å². The molecule has 1 aromatic rings. The molecule has 0 saturated heterocycles. The third-order valence-corrected chi connectivity index (χ3v) is 1.88. The van der Waals surface area contributed by atoms with Crippen molar-refractivity contribution in [3.8, 4) is 5.75 Å². The second-order valence-corrected chi connectivity index (χ2v) is 2.69. The SMILES string of the molecule is [2H]OC1CCc2ccccc2O1. The minimum atomic E-state index is -0.389. The summed E-state index contributed by atoms with van der Waals surface area (Å²) < 4.78 is 12.1. The summed E-state index contributed by atoms with van der Waals surface area (Å²) in [5, 5.41) is 4.38. The van der Waals surface area contributed by atoms with Gasteiger partial charge in [0.05, 0.1) is 0 Å². The average molecular weight is 151 g/mol. The molecule has 1 aromatic carbocycles. The van der Waals surface area contributed by atoms with Gasteiger partial charge < -0.3 is 9.85 Å². The molecule has 0 radical (unpaired) electrons. The zero-order valence-electron chi connectivity index (χ0n) is 7.12. The summed E-state index contributed by atoms with van der Waals surface area (Å²) in [7, 11) is 0. The minimum absolute atomic E-state index is 0.389. The van der Waals surface area contributed by atoms with Gasteiger partial charge in [-0.3, -0.25) is 0 Å². The molecular formula is C9H10O2. The van der Waals surface area contributed by atoms with Gasteiger partial charge in [-0.25, -0.2) is 0 Å². The van der Waals surface area contributed by atoms with Gasteiger partial charge in [0.1, 0.15) is 5.75 Å². The number of fused-ring (bicyclic) bond motifs is 1. The molecule has 2 heteroatoms. The van der Waals surface area contributed by atoms with Gasteiger partial charge in [-0.15, -0.1) is 0 Å². The lowest BCUT2D eigenvalue weighted by molar-refractivity contribution is -0.0316. The van der Waals surface area contributed by atoms with Crippen LogP contribution in [-0.2, 0) is 6.42 Å². The van der Waals surface area contributed by atoms with Crippen LogP contribution in [0, 0.1) is 0 Å². The first-order chi connectivity index (χ1) is 5.90. The largest absolute Gasteiger partial charge is 0.465 e. The Labute approximate surface area is 66.9 Å². The van der Waals surface area contributed by atoms with Crippen LogP contribution in [0.2, 0.25) is 0 Å². The van der Waals surface area contributed by atoms with E-state index >= 15 is 0 Å². The molecule has 2 nitrogen and oxygen atoms in total. The van der Waals surface area contributed by atoms with Gasteiger partial charge in [-0.1, -0.05) is 18.2 Å². The van der Waals surface area contributed by atoms with Crippen LogP contribution in [0.3, 0.4) is 0 Å². The third-order valence-electron chi connectivity index (χ3n) is 1.88. The number of para-hydroxylation sites is 1. The highest BCUT2D eigenvalue weighted by atomic mass is 16.6. The van der Waals surface area contributed by atoms with Crippen molar-refractivity contribution in [2.75, 3.05) is 0 Å². The number of ether oxygens (including phenoxy) is 1. The second kappa shape index (κ2) is 2.55. The highest BCUT2D eigenvalue weighted by Crippen LogP contribution is 2.25. The quantitative estimate of drug-likeness (QED) is 0.656. The Morgan fingerprint density at radius 3 is 3.36 bits per heavy atom. The molecule has 1 aliphatic heterocycles. The summed E-state index contributed by atoms with van der Waals surface area (Å²) in [5.41, 5.74) is 1.20. The first-order valence-corrected chi connectivity index (χ1v) is 3.76. The molecular weight excluding hydrogens is 140 g/mol. The Morgan fingerprint density at radius 2 is 2.45 bits per heavy atom. The summed E-state index contributed by atoms with van der Waals surface area (Å²) in [6, 6.07) is 7.85. The Hall–Kier alpha value is -1.02. The predicted molar refractivity (Wildman–Crippen MR) is 41.4 cm³/mol. The van der Waals surface area contributed by atoms with Crippen molar-refractivity contribution < 1.29 is 9.85 Å². The van der Waals surface area contributed by atoms with E-state index in [0.29, 0.717) is 0 Å². The number of aryl methyl sites for hydroxylation is 1. The van der Waals surface area contributed by atoms with Crippen molar-refractivity contribution in [2.45, 2.75) is 19.1 Å². The number of aliphatic hydroxyl groups excluding tert-OH is 1. The highest BCUT2D eigenvalue weighted by Gasteiger charge is 2.15. The number of hydrogen-bond acceptors (Lipinski definition) is 2. The number of aliphatic hydroxyl groups is 1. The van der Waals surface area contributed by atoms with E-state index in [0.717, 1.165) is 18.6 Å². The molecule has 1 heterocycles. The fourth-order valence-corrected chi connectivity index (χ4v) is 1.30. The normalized spacial score (nSPS) is 23.3. The van der Waals surface area contributed by atoms with Gasteiger partial charge in [0.2, 0.25) is 1.43 Å². The maximum Gasteiger partial charge on any atom is 0.214 e. The molecule has 0 fully saturated rings. The average Bonchev–Trinajstić information content (AvgIpc) is 2.17. The third kappa shape index (κ3) is 1.21. The maximum absolute atomic E-state index is 6.71. The van der Waals surface area contributed by atoms with E-state index in [1.807, 2.05) is 24.3 Å². The predicted octanol–water partition coefficient (Wildman–Crippen LogP) is 1.33. The molecule has 0 aliphatic carbocycles. The topological polar surface area (TPSA) is 29.5 Å². The van der Waals surface area contributed by atoms with Gasteiger partial charge in [0.15, 0.2) is 6.29 Å². The van der Waals surface area contributed by atoms with Crippen molar-refractivity contribution in [1.29, 1.82) is 1.43 Å². The number of hydrogen-bond donors (Lipinski definition) is 1. The van der Waals surface area contributed by atoms with Crippen LogP contribution in [0.15, 0.2) is 24.3 Å². The monoisotopic (exact) mass is 151 g/mol. The summed E-state index contributed by atoms with van der Waals surface area (Å²) in [4.78, 5) is 0. The Kier molecular flexibility index (Phi) is 1.30. The first kappa shape index (κ1) is 5.61. The summed E-state index contributed by atoms with van der Waals surface area (Å²) in [5.74, 6) is 0.848. The van der Waals surface area contributed by atoms with E-state index < -0.39 is 0 Å². The van der Waals surface area contributed by atoms with E-state index in [4.69, 9.17) is 6.17 Å². The van der Waals surface area contributed by atoms with E-state index in [1.165, 1.54) is 5.56 Å². The molecule has 0 bridgehead atoms. The molecule has 11 heavy (non-hydrogen) atoms. The van der Waals surface area contributed by atoms with Crippen molar-refractivity contribution in [2.24, 2.45) is 0 Å². The lowest BCUT2D eigenvalue weighted by Crippen LogP contribution is -2.21. The van der Waals surface area contributed by atoms with Crippen LogP contribution in [0.1, 0.15) is 12.0 Å². The fourth-order valence-electron chi connectivity index (χ4n) is 1.30. The summed E-state index contributed by atoms with van der Waals surface area (Å²) in [6.45, 7) is 0. The molecule has 58 valence electrons. The Bertz CT molecular complexity index is 275. The molecule has 0 spiro atoms. The van der Waals surface area contributed by atoms with Crippen LogP contribution in [0.5, 0.6) is 5.75 Å². The van der Waals surface area contributed by atoms with E-state index in [-0.39, 0.29) is 6.29 Å². The van der Waals surface area contributed by atoms with Crippen molar-refractivity contribution in [3.63, 3.8) is 0 Å². The molecule has 1 N–H and O–H groups in total. The van der Waals surface area contributed by atoms with Crippen LogP contribution < -0.4 is 4.74 Å². The van der Waals surface area contributed by atoms with Crippen LogP contribution in [0.4, 0.5) is 0 Å². The zero-order chi connectivity index (χ0) is 8.39. The van der Waals surface area contributed by atoms with E-state index in [2.05, 4.69) is 5.11 Å². The fraction of sp³-hybridized carbons (Fsp3) is 0.333. The second-order valence-electron chi connectivity index (χ2n) is 2.69. The molecule has 0 saturated carbocycles. The van der Waals surface area contributed by atoms with Crippen molar-refractivity contribution in [3.05, 3.63) is 29.8 Å². The van der Waals surface area contributed by atoms with Gasteiger partial charge in [0.25, 0.3) is 0 Å². The highest BCUT2D eigenvalue weighted by molar-refractivity contribution is 5.34. The molecule has 0 aromatic heterocycles. The molecule has 1 unspecified atom stereocenters. The summed E-state index contributed by atoms with van der Waals surface area (Å²) >= 11 is 0. The lowest BCUT2D eigenvalue weighted by atomic mass is 10.1. The minimum Gasteiger partial charge on any atom is -0.465 e. The van der Waals surface area contributed by atoms with Crippen LogP contribution >= 0.6 is 0 Å². The van der Waals surface area contributed by atoms with E-state index in [9.17, 15) is 0 Å².